The zero-order valence-electron chi connectivity index (χ0n) is 13.9. The van der Waals surface area contributed by atoms with Crippen molar-refractivity contribution in [2.75, 3.05) is 0 Å². The normalized spacial score (nSPS) is 22.6. The molecular weight excluding hydrogens is 330 g/mol. The van der Waals surface area contributed by atoms with Gasteiger partial charge in [0.05, 0.1) is 17.4 Å². The van der Waals surface area contributed by atoms with Crippen molar-refractivity contribution in [3.05, 3.63) is 10.6 Å². The van der Waals surface area contributed by atoms with Crippen LogP contribution in [0.5, 0.6) is 0 Å². The minimum atomic E-state index is -0.356. The molecule has 1 aliphatic carbocycles. The van der Waals surface area contributed by atoms with Gasteiger partial charge in [0.25, 0.3) is 0 Å². The predicted octanol–water partition coefficient (Wildman–Crippen LogP) is 2.65. The van der Waals surface area contributed by atoms with Crippen LogP contribution in [0, 0.1) is 12.8 Å². The lowest BCUT2D eigenvalue weighted by atomic mass is 9.86. The Kier molecular flexibility index (Phi) is 6.47. The number of aromatic nitrogens is 1. The molecule has 0 bridgehead atoms. The van der Waals surface area contributed by atoms with E-state index in [1.54, 1.807) is 0 Å². The van der Waals surface area contributed by atoms with Gasteiger partial charge >= 0.3 is 0 Å². The number of primary amides is 1. The second kappa shape index (κ2) is 8.15. The van der Waals surface area contributed by atoms with Gasteiger partial charge in [0.15, 0.2) is 4.34 Å². The number of nitrogens with one attached hydrogen (secondary N) is 1. The van der Waals surface area contributed by atoms with Crippen LogP contribution in [-0.2, 0) is 16.0 Å². The molecule has 0 spiro atoms. The number of aryl methyl sites for hydroxylation is 1. The molecule has 1 saturated carbocycles. The van der Waals surface area contributed by atoms with Gasteiger partial charge < -0.3 is 11.1 Å². The first-order chi connectivity index (χ1) is 10.9. The summed E-state index contributed by atoms with van der Waals surface area (Å²) in [4.78, 5) is 28.8. The summed E-state index contributed by atoms with van der Waals surface area (Å²) in [6, 6.07) is 0.294. The Balaban J connectivity index is 1.91. The molecule has 5 nitrogen and oxygen atoms in total. The summed E-state index contributed by atoms with van der Waals surface area (Å²) >= 11 is 2.90. The van der Waals surface area contributed by atoms with E-state index in [-0.39, 0.29) is 23.5 Å². The fourth-order valence-electron chi connectivity index (χ4n) is 2.81. The number of hydrogen-bond acceptors (Lipinski definition) is 5. The summed E-state index contributed by atoms with van der Waals surface area (Å²) in [5.41, 5.74) is 6.06. The maximum Gasteiger partial charge on any atom is 0.233 e. The highest BCUT2D eigenvalue weighted by atomic mass is 32.2. The Hall–Kier alpha value is -1.08. The minimum absolute atomic E-state index is 0.0676. The van der Waals surface area contributed by atoms with E-state index in [0.717, 1.165) is 21.3 Å². The monoisotopic (exact) mass is 355 g/mol. The Bertz CT molecular complexity index is 574. The first-order valence-corrected chi connectivity index (χ1v) is 9.78. The van der Waals surface area contributed by atoms with E-state index in [2.05, 4.69) is 17.2 Å². The molecule has 2 rings (SSSR count). The molecule has 2 amide bonds. The fourth-order valence-corrected chi connectivity index (χ4v) is 5.21. The quantitative estimate of drug-likeness (QED) is 0.768. The van der Waals surface area contributed by atoms with Crippen LogP contribution < -0.4 is 11.1 Å². The lowest BCUT2D eigenvalue weighted by molar-refractivity contribution is -0.121. The molecule has 0 aromatic carbocycles. The molecule has 1 aliphatic rings. The Labute approximate surface area is 145 Å². The van der Waals surface area contributed by atoms with E-state index in [4.69, 9.17) is 5.73 Å². The molecule has 1 heterocycles. The van der Waals surface area contributed by atoms with Gasteiger partial charge in [-0.2, -0.15) is 0 Å². The van der Waals surface area contributed by atoms with Crippen LogP contribution in [0.15, 0.2) is 4.34 Å². The molecule has 0 radical (unpaired) electrons. The summed E-state index contributed by atoms with van der Waals surface area (Å²) < 4.78 is 0.818. The molecule has 1 aromatic heterocycles. The van der Waals surface area contributed by atoms with Gasteiger partial charge in [-0.1, -0.05) is 31.5 Å². The number of thioether (sulfide) groups is 1. The smallest absolute Gasteiger partial charge is 0.233 e. The van der Waals surface area contributed by atoms with Crippen LogP contribution in [0.1, 0.15) is 50.1 Å². The molecule has 0 saturated heterocycles. The summed E-state index contributed by atoms with van der Waals surface area (Å²) in [5.74, 6) is 0.262. The highest BCUT2D eigenvalue weighted by Gasteiger charge is 2.25. The van der Waals surface area contributed by atoms with Gasteiger partial charge in [-0.3, -0.25) is 9.59 Å². The molecule has 0 aliphatic heterocycles. The molecular formula is C16H25N3O2S2. The Morgan fingerprint density at radius 3 is 2.78 bits per heavy atom. The topological polar surface area (TPSA) is 85.1 Å². The molecule has 1 fully saturated rings. The number of carbonyl (C=O) groups excluding carboxylic acids is 2. The van der Waals surface area contributed by atoms with Gasteiger partial charge in [-0.05, 0) is 32.6 Å². The highest BCUT2D eigenvalue weighted by Crippen LogP contribution is 2.31. The minimum Gasteiger partial charge on any atom is -0.369 e. The summed E-state index contributed by atoms with van der Waals surface area (Å²) in [6.07, 6.45) is 4.93. The third kappa shape index (κ3) is 5.21. The predicted molar refractivity (Wildman–Crippen MR) is 94.6 cm³/mol. The highest BCUT2D eigenvalue weighted by molar-refractivity contribution is 8.02. The number of nitrogens with zero attached hydrogens (tertiary/aromatic N) is 1. The van der Waals surface area contributed by atoms with Crippen LogP contribution in [0.3, 0.4) is 0 Å². The summed E-state index contributed by atoms with van der Waals surface area (Å²) in [5, 5.41) is 2.99. The van der Waals surface area contributed by atoms with Crippen molar-refractivity contribution >= 4 is 34.9 Å². The number of rotatable bonds is 6. The molecule has 1 aromatic rings. The van der Waals surface area contributed by atoms with E-state index >= 15 is 0 Å². The SMILES string of the molecule is Cc1nc(S[C@H](C)C(=O)N[C@@H]2CCCC[C@@H]2C)sc1CC(N)=O. The standard InChI is InChI=1S/C16H25N3O2S2/c1-9-6-4-5-7-12(9)19-15(21)11(3)22-16-18-10(2)13(23-16)8-14(17)20/h9,11-12H,4-8H2,1-3H3,(H2,17,20)(H,19,21)/t9-,11+,12+/m0/s1. The van der Waals surface area contributed by atoms with Crippen LogP contribution in [-0.4, -0.2) is 28.1 Å². The van der Waals surface area contributed by atoms with Crippen molar-refractivity contribution in [3.63, 3.8) is 0 Å². The zero-order valence-corrected chi connectivity index (χ0v) is 15.6. The lowest BCUT2D eigenvalue weighted by Gasteiger charge is -2.30. The van der Waals surface area contributed by atoms with E-state index < -0.39 is 0 Å². The van der Waals surface area contributed by atoms with Gasteiger partial charge in [-0.25, -0.2) is 4.98 Å². The number of hydrogen-bond donors (Lipinski definition) is 2. The van der Waals surface area contributed by atoms with Crippen LogP contribution in [0.4, 0.5) is 0 Å². The second-order valence-electron chi connectivity index (χ2n) is 6.27. The number of carbonyl (C=O) groups is 2. The largest absolute Gasteiger partial charge is 0.369 e. The Morgan fingerprint density at radius 2 is 2.13 bits per heavy atom. The average molecular weight is 356 g/mol. The molecule has 3 N–H and O–H groups in total. The van der Waals surface area contributed by atoms with Crippen molar-refractivity contribution in [1.29, 1.82) is 0 Å². The first-order valence-electron chi connectivity index (χ1n) is 8.08. The second-order valence-corrected chi connectivity index (χ2v) is 8.94. The van der Waals surface area contributed by atoms with E-state index in [1.807, 2.05) is 13.8 Å². The van der Waals surface area contributed by atoms with Crippen LogP contribution in [0.2, 0.25) is 0 Å². The fraction of sp³-hybridized carbons (Fsp3) is 0.688. The molecule has 128 valence electrons. The average Bonchev–Trinajstić information content (AvgIpc) is 2.80. The maximum atomic E-state index is 12.4. The molecule has 7 heteroatoms. The number of thiazole rings is 1. The van der Waals surface area contributed by atoms with E-state index in [9.17, 15) is 9.59 Å². The van der Waals surface area contributed by atoms with Gasteiger partial charge in [0, 0.05) is 10.9 Å². The molecule has 0 unspecified atom stereocenters. The third-order valence-electron chi connectivity index (χ3n) is 4.29. The van der Waals surface area contributed by atoms with Crippen molar-refractivity contribution in [2.45, 2.75) is 68.5 Å². The summed E-state index contributed by atoms with van der Waals surface area (Å²) in [6.45, 7) is 5.98. The van der Waals surface area contributed by atoms with E-state index in [1.165, 1.54) is 42.4 Å². The van der Waals surface area contributed by atoms with Crippen molar-refractivity contribution < 1.29 is 9.59 Å². The van der Waals surface area contributed by atoms with Crippen LogP contribution >= 0.6 is 23.1 Å². The number of amides is 2. The third-order valence-corrected chi connectivity index (χ3v) is 6.65. The Morgan fingerprint density at radius 1 is 1.43 bits per heavy atom. The van der Waals surface area contributed by atoms with Gasteiger partial charge in [0.2, 0.25) is 11.8 Å². The molecule has 3 atom stereocenters. The molecule has 23 heavy (non-hydrogen) atoms. The van der Waals surface area contributed by atoms with Crippen LogP contribution in [0.25, 0.3) is 0 Å². The zero-order chi connectivity index (χ0) is 17.0. The maximum absolute atomic E-state index is 12.4. The van der Waals surface area contributed by atoms with Gasteiger partial charge in [0.1, 0.15) is 0 Å². The van der Waals surface area contributed by atoms with Gasteiger partial charge in [-0.15, -0.1) is 11.3 Å². The lowest BCUT2D eigenvalue weighted by Crippen LogP contribution is -2.44. The van der Waals surface area contributed by atoms with Crippen molar-refractivity contribution in [2.24, 2.45) is 11.7 Å². The number of nitrogens with two attached hydrogens (primary N) is 1. The first kappa shape index (κ1) is 18.3. The summed E-state index contributed by atoms with van der Waals surface area (Å²) in [7, 11) is 0. The van der Waals surface area contributed by atoms with E-state index in [0.29, 0.717) is 12.0 Å². The van der Waals surface area contributed by atoms with Crippen molar-refractivity contribution in [3.8, 4) is 0 Å². The van der Waals surface area contributed by atoms with Crippen molar-refractivity contribution in [1.82, 2.24) is 10.3 Å².